The largest absolute Gasteiger partial charge is 0.380 e. The summed E-state index contributed by atoms with van der Waals surface area (Å²) >= 11 is 0. The van der Waals surface area contributed by atoms with E-state index in [9.17, 15) is 8.78 Å². The Kier molecular flexibility index (Phi) is 8.32. The van der Waals surface area contributed by atoms with Gasteiger partial charge in [-0.15, -0.1) is 0 Å². The first-order chi connectivity index (χ1) is 10.8. The topological polar surface area (TPSA) is 27.7 Å². The molecule has 1 rings (SSSR count). The average Bonchev–Trinajstić information content (AvgIpc) is 2.44. The highest BCUT2D eigenvalue weighted by atomic mass is 28.2. The van der Waals surface area contributed by atoms with Crippen molar-refractivity contribution in [2.45, 2.75) is 71.6 Å². The van der Waals surface area contributed by atoms with Crippen LogP contribution in [0.3, 0.4) is 0 Å². The van der Waals surface area contributed by atoms with Crippen molar-refractivity contribution in [1.29, 1.82) is 0 Å². The van der Waals surface area contributed by atoms with Crippen LogP contribution in [0.1, 0.15) is 52.5 Å². The highest BCUT2D eigenvalue weighted by Gasteiger charge is 2.33. The summed E-state index contributed by atoms with van der Waals surface area (Å²) in [6, 6.07) is 3.70. The van der Waals surface area contributed by atoms with Crippen molar-refractivity contribution in [3.63, 3.8) is 0 Å². The summed E-state index contributed by atoms with van der Waals surface area (Å²) in [4.78, 5) is 0. The van der Waals surface area contributed by atoms with Gasteiger partial charge >= 0.3 is 0 Å². The SMILES string of the molecule is CC(C)OC(CCCCc1ccc(F)cc1F)(O[SiH3])OC(C)C. The minimum absolute atomic E-state index is 0.0164. The third kappa shape index (κ3) is 7.08. The van der Waals surface area contributed by atoms with Crippen molar-refractivity contribution < 1.29 is 22.7 Å². The van der Waals surface area contributed by atoms with Crippen LogP contribution in [0.4, 0.5) is 8.78 Å². The molecule has 0 amide bonds. The van der Waals surface area contributed by atoms with Gasteiger partial charge in [0.2, 0.25) is 0 Å². The van der Waals surface area contributed by atoms with Crippen LogP contribution in [0, 0.1) is 11.6 Å². The Labute approximate surface area is 140 Å². The number of benzene rings is 1. The molecule has 0 spiro atoms. The zero-order chi connectivity index (χ0) is 17.5. The number of aryl methyl sites for hydroxylation is 1. The van der Waals surface area contributed by atoms with Gasteiger partial charge in [0.1, 0.15) is 11.6 Å². The van der Waals surface area contributed by atoms with Crippen LogP contribution < -0.4 is 0 Å². The second-order valence-electron chi connectivity index (χ2n) is 6.16. The molecule has 0 aliphatic rings. The molecule has 0 aliphatic heterocycles. The van der Waals surface area contributed by atoms with Gasteiger partial charge in [0, 0.05) is 12.5 Å². The third-order valence-corrected chi connectivity index (χ3v) is 3.96. The van der Waals surface area contributed by atoms with Gasteiger partial charge in [0.05, 0.1) is 12.2 Å². The minimum atomic E-state index is -1.02. The van der Waals surface area contributed by atoms with Gasteiger partial charge in [-0.05, 0) is 58.6 Å². The van der Waals surface area contributed by atoms with E-state index < -0.39 is 17.6 Å². The Hall–Kier alpha value is -0.823. The number of halogens is 2. The fraction of sp³-hybridized carbons (Fsp3) is 0.647. The third-order valence-electron chi connectivity index (χ3n) is 3.34. The number of hydrogen-bond acceptors (Lipinski definition) is 3. The summed E-state index contributed by atoms with van der Waals surface area (Å²) in [5.74, 6) is -2.06. The average molecular weight is 346 g/mol. The van der Waals surface area contributed by atoms with Crippen molar-refractivity contribution in [2.75, 3.05) is 0 Å². The van der Waals surface area contributed by atoms with E-state index in [2.05, 4.69) is 0 Å². The Balaban J connectivity index is 2.57. The summed E-state index contributed by atoms with van der Waals surface area (Å²) in [7, 11) is 0.497. The maximum atomic E-state index is 13.6. The van der Waals surface area contributed by atoms with Crippen molar-refractivity contribution in [2.24, 2.45) is 0 Å². The van der Waals surface area contributed by atoms with E-state index in [1.807, 2.05) is 27.7 Å². The molecule has 1 aromatic carbocycles. The van der Waals surface area contributed by atoms with Crippen LogP contribution in [0.25, 0.3) is 0 Å². The van der Waals surface area contributed by atoms with E-state index in [0.717, 1.165) is 18.9 Å². The molecule has 0 bridgehead atoms. The lowest BCUT2D eigenvalue weighted by molar-refractivity contribution is -0.369. The summed E-state index contributed by atoms with van der Waals surface area (Å²) in [6.45, 7) is 7.75. The molecule has 0 unspecified atom stereocenters. The van der Waals surface area contributed by atoms with Crippen molar-refractivity contribution in [1.82, 2.24) is 0 Å². The van der Waals surface area contributed by atoms with Crippen molar-refractivity contribution in [3.8, 4) is 0 Å². The van der Waals surface area contributed by atoms with Crippen LogP contribution in [0.2, 0.25) is 0 Å². The maximum Gasteiger partial charge on any atom is 0.273 e. The van der Waals surface area contributed by atoms with Gasteiger partial charge in [-0.25, -0.2) is 8.78 Å². The second kappa shape index (κ2) is 9.47. The minimum Gasteiger partial charge on any atom is -0.380 e. The Bertz CT molecular complexity index is 471. The summed E-state index contributed by atoms with van der Waals surface area (Å²) in [5, 5.41) is 0. The molecule has 23 heavy (non-hydrogen) atoms. The Morgan fingerprint density at radius 2 is 1.65 bits per heavy atom. The molecular formula is C17H28F2O3Si. The highest BCUT2D eigenvalue weighted by molar-refractivity contribution is 5.98. The Morgan fingerprint density at radius 1 is 1.04 bits per heavy atom. The molecule has 0 radical (unpaired) electrons. The van der Waals surface area contributed by atoms with Crippen LogP contribution in [-0.2, 0) is 20.3 Å². The summed E-state index contributed by atoms with van der Waals surface area (Å²) < 4.78 is 43.8. The monoisotopic (exact) mass is 346 g/mol. The molecule has 0 heterocycles. The Morgan fingerprint density at radius 3 is 2.13 bits per heavy atom. The first-order valence-electron chi connectivity index (χ1n) is 8.12. The zero-order valence-corrected chi connectivity index (χ0v) is 16.7. The number of rotatable bonds is 10. The molecule has 0 N–H and O–H groups in total. The van der Waals surface area contributed by atoms with E-state index in [1.165, 1.54) is 12.1 Å². The predicted octanol–water partition coefficient (Wildman–Crippen LogP) is 3.48. The first kappa shape index (κ1) is 20.2. The van der Waals surface area contributed by atoms with Crippen LogP contribution in [0.15, 0.2) is 18.2 Å². The first-order valence-corrected chi connectivity index (χ1v) is 8.94. The molecule has 0 atom stereocenters. The number of ether oxygens (including phenoxy) is 2. The quantitative estimate of drug-likeness (QED) is 0.369. The van der Waals surface area contributed by atoms with Gasteiger partial charge < -0.3 is 13.9 Å². The zero-order valence-electron chi connectivity index (χ0n) is 14.7. The summed E-state index contributed by atoms with van der Waals surface area (Å²) in [6.07, 6.45) is 2.61. The van der Waals surface area contributed by atoms with E-state index in [-0.39, 0.29) is 12.2 Å². The molecule has 6 heteroatoms. The fourth-order valence-corrected chi connectivity index (χ4v) is 2.84. The number of unbranched alkanes of at least 4 members (excludes halogenated alkanes) is 1. The van der Waals surface area contributed by atoms with E-state index in [4.69, 9.17) is 13.9 Å². The smallest absolute Gasteiger partial charge is 0.273 e. The molecule has 0 aliphatic carbocycles. The normalized spacial score (nSPS) is 12.5. The molecule has 1 aromatic rings. The van der Waals surface area contributed by atoms with Gasteiger partial charge in [0.25, 0.3) is 5.97 Å². The van der Waals surface area contributed by atoms with Crippen LogP contribution in [0.5, 0.6) is 0 Å². The van der Waals surface area contributed by atoms with Gasteiger partial charge in [-0.1, -0.05) is 6.07 Å². The molecule has 3 nitrogen and oxygen atoms in total. The van der Waals surface area contributed by atoms with Gasteiger partial charge in [0.15, 0.2) is 10.5 Å². The van der Waals surface area contributed by atoms with E-state index in [0.29, 0.717) is 28.9 Å². The maximum absolute atomic E-state index is 13.6. The predicted molar refractivity (Wildman–Crippen MR) is 90.1 cm³/mol. The lowest BCUT2D eigenvalue weighted by Crippen LogP contribution is -2.42. The van der Waals surface area contributed by atoms with Crippen molar-refractivity contribution >= 4 is 10.5 Å². The molecule has 0 saturated heterocycles. The van der Waals surface area contributed by atoms with E-state index in [1.54, 1.807) is 0 Å². The van der Waals surface area contributed by atoms with Gasteiger partial charge in [-0.2, -0.15) is 0 Å². The summed E-state index contributed by atoms with van der Waals surface area (Å²) in [5.41, 5.74) is 0.526. The van der Waals surface area contributed by atoms with E-state index >= 15 is 0 Å². The second-order valence-corrected chi connectivity index (χ2v) is 6.57. The molecule has 0 saturated carbocycles. The molecule has 132 valence electrons. The highest BCUT2D eigenvalue weighted by Crippen LogP contribution is 2.26. The molecule has 0 fully saturated rings. The standard InChI is InChI=1S/C17H28F2O3Si/c1-12(2)20-17(22-23,21-13(3)4)10-6-5-7-14-8-9-15(18)11-16(14)19/h8-9,11-13H,5-7,10H2,1-4,23H3. The number of hydrogen-bond donors (Lipinski definition) is 0. The lowest BCUT2D eigenvalue weighted by Gasteiger charge is -2.36. The lowest BCUT2D eigenvalue weighted by atomic mass is 10.1. The molecular weight excluding hydrogens is 318 g/mol. The molecule has 0 aromatic heterocycles. The van der Waals surface area contributed by atoms with Gasteiger partial charge in [-0.3, -0.25) is 0 Å². The van der Waals surface area contributed by atoms with Crippen molar-refractivity contribution in [3.05, 3.63) is 35.4 Å². The van der Waals surface area contributed by atoms with Crippen LogP contribution in [-0.4, -0.2) is 28.7 Å². The fourth-order valence-electron chi connectivity index (χ4n) is 2.44. The van der Waals surface area contributed by atoms with Crippen LogP contribution >= 0.6 is 0 Å².